The Balaban J connectivity index is 1.58. The van der Waals surface area contributed by atoms with Crippen molar-refractivity contribution in [1.82, 2.24) is 20.2 Å². The van der Waals surface area contributed by atoms with E-state index in [4.69, 9.17) is 0 Å². The Bertz CT molecular complexity index is 991. The molecule has 0 atom stereocenters. The number of guanidine groups is 1. The van der Waals surface area contributed by atoms with Crippen LogP contribution in [0.25, 0.3) is 0 Å². The highest BCUT2D eigenvalue weighted by Crippen LogP contribution is 2.13. The van der Waals surface area contributed by atoms with Crippen molar-refractivity contribution in [2.75, 3.05) is 6.54 Å². The highest BCUT2D eigenvalue weighted by atomic mass is 32.1. The number of thiazole rings is 1. The largest absolute Gasteiger partial charge is 0.357 e. The maximum Gasteiger partial charge on any atom is 0.250 e. The number of hydrogen-bond acceptors (Lipinski definition) is 4. The lowest BCUT2D eigenvalue weighted by Gasteiger charge is -2.10. The zero-order valence-electron chi connectivity index (χ0n) is 16.9. The van der Waals surface area contributed by atoms with Gasteiger partial charge in [0.05, 0.1) is 19.6 Å². The number of pyridine rings is 1. The second kappa shape index (κ2) is 10.6. The Labute approximate surface area is 175 Å². The van der Waals surface area contributed by atoms with Crippen molar-refractivity contribution in [3.05, 3.63) is 86.2 Å². The molecule has 0 amide bonds. The van der Waals surface area contributed by atoms with E-state index in [9.17, 15) is 4.79 Å². The lowest BCUT2D eigenvalue weighted by Crippen LogP contribution is -2.36. The maximum absolute atomic E-state index is 11.8. The molecule has 0 unspecified atom stereocenters. The first-order valence-electron chi connectivity index (χ1n) is 9.87. The predicted molar refractivity (Wildman–Crippen MR) is 119 cm³/mol. The van der Waals surface area contributed by atoms with Crippen molar-refractivity contribution in [3.8, 4) is 0 Å². The van der Waals surface area contributed by atoms with Gasteiger partial charge in [-0.3, -0.25) is 4.79 Å². The Morgan fingerprint density at radius 2 is 1.90 bits per heavy atom. The summed E-state index contributed by atoms with van der Waals surface area (Å²) in [6.07, 6.45) is 4.76. The van der Waals surface area contributed by atoms with Gasteiger partial charge in [-0.1, -0.05) is 37.3 Å². The molecular formula is C22H27N5OS. The SMILES string of the molecule is CCNC(=NCc1ccc(Cn2ccccc2=O)cc1)NCc1ncc(CC)s1. The first-order chi connectivity index (χ1) is 14.2. The molecule has 0 aliphatic heterocycles. The minimum absolute atomic E-state index is 0.00817. The quantitative estimate of drug-likeness (QED) is 0.443. The van der Waals surface area contributed by atoms with Crippen molar-refractivity contribution >= 4 is 17.3 Å². The van der Waals surface area contributed by atoms with Crippen LogP contribution in [0.2, 0.25) is 0 Å². The predicted octanol–water partition coefficient (Wildman–Crippen LogP) is 3.17. The van der Waals surface area contributed by atoms with E-state index < -0.39 is 0 Å². The van der Waals surface area contributed by atoms with Crippen LogP contribution in [0, 0.1) is 0 Å². The van der Waals surface area contributed by atoms with Crippen LogP contribution in [0.4, 0.5) is 0 Å². The smallest absolute Gasteiger partial charge is 0.250 e. The number of benzene rings is 1. The number of nitrogens with one attached hydrogen (secondary N) is 2. The van der Waals surface area contributed by atoms with Gasteiger partial charge in [-0.2, -0.15) is 0 Å². The molecular weight excluding hydrogens is 382 g/mol. The van der Waals surface area contributed by atoms with Gasteiger partial charge < -0.3 is 15.2 Å². The summed E-state index contributed by atoms with van der Waals surface area (Å²) in [6, 6.07) is 13.4. The summed E-state index contributed by atoms with van der Waals surface area (Å²) in [5.41, 5.74) is 2.22. The topological polar surface area (TPSA) is 71.3 Å². The highest BCUT2D eigenvalue weighted by Gasteiger charge is 2.03. The van der Waals surface area contributed by atoms with E-state index in [2.05, 4.69) is 46.6 Å². The van der Waals surface area contributed by atoms with Crippen LogP contribution >= 0.6 is 11.3 Å². The third-order valence-corrected chi connectivity index (χ3v) is 5.54. The van der Waals surface area contributed by atoms with Gasteiger partial charge in [-0.15, -0.1) is 11.3 Å². The Morgan fingerprint density at radius 1 is 1.10 bits per heavy atom. The van der Waals surface area contributed by atoms with Crippen LogP contribution < -0.4 is 16.2 Å². The van der Waals surface area contributed by atoms with Gasteiger partial charge >= 0.3 is 0 Å². The van der Waals surface area contributed by atoms with Gasteiger partial charge in [-0.25, -0.2) is 9.98 Å². The molecule has 2 heterocycles. The molecule has 0 radical (unpaired) electrons. The molecule has 152 valence electrons. The molecule has 0 saturated heterocycles. The summed E-state index contributed by atoms with van der Waals surface area (Å²) in [7, 11) is 0. The second-order valence-corrected chi connectivity index (χ2v) is 7.81. The molecule has 2 N–H and O–H groups in total. The lowest BCUT2D eigenvalue weighted by molar-refractivity contribution is 0.759. The van der Waals surface area contributed by atoms with E-state index in [0.29, 0.717) is 19.6 Å². The summed E-state index contributed by atoms with van der Waals surface area (Å²) in [4.78, 5) is 22.2. The number of rotatable bonds is 8. The van der Waals surface area contributed by atoms with E-state index in [0.717, 1.165) is 35.1 Å². The van der Waals surface area contributed by atoms with Crippen LogP contribution in [0.3, 0.4) is 0 Å². The molecule has 0 aliphatic rings. The van der Waals surface area contributed by atoms with Gasteiger partial charge in [0.15, 0.2) is 5.96 Å². The van der Waals surface area contributed by atoms with Gasteiger partial charge in [0, 0.05) is 29.9 Å². The standard InChI is InChI=1S/C22H27N5OS/c1-3-19-14-24-20(29-19)15-26-22(23-4-2)25-13-17-8-10-18(11-9-17)16-27-12-6-5-7-21(27)28/h5-12,14H,3-4,13,15-16H2,1-2H3,(H2,23,25,26). The highest BCUT2D eigenvalue weighted by molar-refractivity contribution is 7.11. The van der Waals surface area contributed by atoms with Gasteiger partial charge in [0.1, 0.15) is 5.01 Å². The normalized spacial score (nSPS) is 11.4. The minimum Gasteiger partial charge on any atom is -0.357 e. The van der Waals surface area contributed by atoms with Crippen LogP contribution in [0.15, 0.2) is 64.6 Å². The Morgan fingerprint density at radius 3 is 2.59 bits per heavy atom. The lowest BCUT2D eigenvalue weighted by atomic mass is 10.1. The summed E-state index contributed by atoms with van der Waals surface area (Å²) < 4.78 is 1.70. The summed E-state index contributed by atoms with van der Waals surface area (Å²) in [5.74, 6) is 0.778. The van der Waals surface area contributed by atoms with E-state index in [1.54, 1.807) is 34.2 Å². The van der Waals surface area contributed by atoms with Crippen molar-refractivity contribution in [2.45, 2.75) is 39.9 Å². The average Bonchev–Trinajstić information content (AvgIpc) is 3.21. The van der Waals surface area contributed by atoms with Crippen LogP contribution in [0.1, 0.15) is 34.9 Å². The molecule has 0 spiro atoms. The van der Waals surface area contributed by atoms with Crippen LogP contribution in [-0.2, 0) is 26.1 Å². The fraction of sp³-hybridized carbons (Fsp3) is 0.318. The zero-order chi connectivity index (χ0) is 20.5. The molecule has 3 aromatic rings. The molecule has 0 bridgehead atoms. The third-order valence-electron chi connectivity index (χ3n) is 4.40. The summed E-state index contributed by atoms with van der Waals surface area (Å²) >= 11 is 1.73. The second-order valence-electron chi connectivity index (χ2n) is 6.61. The van der Waals surface area contributed by atoms with Crippen LogP contribution in [0.5, 0.6) is 0 Å². The summed E-state index contributed by atoms with van der Waals surface area (Å²) in [6.45, 7) is 6.81. The molecule has 0 saturated carbocycles. The monoisotopic (exact) mass is 409 g/mol. The zero-order valence-corrected chi connectivity index (χ0v) is 17.7. The number of aromatic nitrogens is 2. The molecule has 1 aromatic carbocycles. The van der Waals surface area contributed by atoms with Gasteiger partial charge in [0.25, 0.3) is 5.56 Å². The van der Waals surface area contributed by atoms with Crippen molar-refractivity contribution in [2.24, 2.45) is 4.99 Å². The Kier molecular flexibility index (Phi) is 7.58. The van der Waals surface area contributed by atoms with Gasteiger partial charge in [-0.05, 0) is 30.5 Å². The molecule has 2 aromatic heterocycles. The van der Waals surface area contributed by atoms with E-state index >= 15 is 0 Å². The van der Waals surface area contributed by atoms with Crippen molar-refractivity contribution in [1.29, 1.82) is 0 Å². The molecule has 0 aliphatic carbocycles. The van der Waals surface area contributed by atoms with Crippen LogP contribution in [-0.4, -0.2) is 22.1 Å². The molecule has 3 rings (SSSR count). The number of nitrogens with zero attached hydrogens (tertiary/aromatic N) is 3. The number of aliphatic imine (C=N–C) groups is 1. The fourth-order valence-corrected chi connectivity index (χ4v) is 3.60. The van der Waals surface area contributed by atoms with E-state index in [1.165, 1.54) is 4.88 Å². The number of hydrogen-bond donors (Lipinski definition) is 2. The fourth-order valence-electron chi connectivity index (χ4n) is 2.80. The van der Waals surface area contributed by atoms with Gasteiger partial charge in [0.2, 0.25) is 0 Å². The van der Waals surface area contributed by atoms with E-state index in [1.807, 2.05) is 24.4 Å². The summed E-state index contributed by atoms with van der Waals surface area (Å²) in [5, 5.41) is 7.68. The molecule has 0 fully saturated rings. The molecule has 29 heavy (non-hydrogen) atoms. The minimum atomic E-state index is 0.00817. The first-order valence-corrected chi connectivity index (χ1v) is 10.7. The number of aryl methyl sites for hydroxylation is 1. The Hall–Kier alpha value is -2.93. The van der Waals surface area contributed by atoms with E-state index in [-0.39, 0.29) is 5.56 Å². The molecule has 7 heteroatoms. The van der Waals surface area contributed by atoms with Crippen molar-refractivity contribution in [3.63, 3.8) is 0 Å². The maximum atomic E-state index is 11.8. The third kappa shape index (κ3) is 6.29. The van der Waals surface area contributed by atoms with Crippen molar-refractivity contribution < 1.29 is 0 Å². The average molecular weight is 410 g/mol. The molecule has 6 nitrogen and oxygen atoms in total. The first kappa shape index (κ1) is 20.8.